The molecule has 0 aromatic heterocycles. The fourth-order valence-electron chi connectivity index (χ4n) is 4.22. The number of methoxy groups -OCH3 is 2. The van der Waals surface area contributed by atoms with Gasteiger partial charge in [0.2, 0.25) is 0 Å². The Bertz CT molecular complexity index is 1110. The summed E-state index contributed by atoms with van der Waals surface area (Å²) in [6.07, 6.45) is 1.70. The SMILES string of the molecule is COc1cc2c(cc1OC)C(COc1ccc(F)cc1)N(C(=S)NCCc1ccccc1)CC2. The summed E-state index contributed by atoms with van der Waals surface area (Å²) in [5.74, 6) is 1.68. The Balaban J connectivity index is 1.54. The maximum Gasteiger partial charge on any atom is 0.169 e. The molecule has 1 aliphatic rings. The highest BCUT2D eigenvalue weighted by Gasteiger charge is 2.31. The van der Waals surface area contributed by atoms with Gasteiger partial charge >= 0.3 is 0 Å². The van der Waals surface area contributed by atoms with Crippen LogP contribution in [-0.2, 0) is 12.8 Å². The lowest BCUT2D eigenvalue weighted by Gasteiger charge is -2.39. The van der Waals surface area contributed by atoms with Gasteiger partial charge in [0.25, 0.3) is 0 Å². The van der Waals surface area contributed by atoms with Gasteiger partial charge in [-0.15, -0.1) is 0 Å². The zero-order chi connectivity index (χ0) is 23.9. The van der Waals surface area contributed by atoms with E-state index in [-0.39, 0.29) is 11.9 Å². The molecule has 4 rings (SSSR count). The highest BCUT2D eigenvalue weighted by Crippen LogP contribution is 2.38. The smallest absolute Gasteiger partial charge is 0.169 e. The van der Waals surface area contributed by atoms with E-state index >= 15 is 0 Å². The molecule has 34 heavy (non-hydrogen) atoms. The summed E-state index contributed by atoms with van der Waals surface area (Å²) in [7, 11) is 3.27. The van der Waals surface area contributed by atoms with Crippen molar-refractivity contribution in [2.45, 2.75) is 18.9 Å². The van der Waals surface area contributed by atoms with Gasteiger partial charge < -0.3 is 24.4 Å². The molecule has 1 N–H and O–H groups in total. The molecule has 1 heterocycles. The highest BCUT2D eigenvalue weighted by molar-refractivity contribution is 7.80. The summed E-state index contributed by atoms with van der Waals surface area (Å²) in [5, 5.41) is 4.10. The van der Waals surface area contributed by atoms with Gasteiger partial charge in [0.15, 0.2) is 16.6 Å². The third-order valence-corrected chi connectivity index (χ3v) is 6.40. The van der Waals surface area contributed by atoms with E-state index in [0.29, 0.717) is 29.0 Å². The van der Waals surface area contributed by atoms with Crippen molar-refractivity contribution in [2.24, 2.45) is 0 Å². The molecule has 3 aromatic carbocycles. The molecule has 7 heteroatoms. The molecule has 5 nitrogen and oxygen atoms in total. The first-order valence-corrected chi connectivity index (χ1v) is 11.7. The Morgan fingerprint density at radius 1 is 1.03 bits per heavy atom. The average molecular weight is 481 g/mol. The van der Waals surface area contributed by atoms with Crippen molar-refractivity contribution >= 4 is 17.3 Å². The number of thiocarbonyl (C=S) groups is 1. The van der Waals surface area contributed by atoms with Crippen LogP contribution in [0, 0.1) is 5.82 Å². The third kappa shape index (κ3) is 5.59. The monoisotopic (exact) mass is 480 g/mol. The number of hydrogen-bond acceptors (Lipinski definition) is 4. The minimum atomic E-state index is -0.294. The Morgan fingerprint density at radius 3 is 2.44 bits per heavy atom. The van der Waals surface area contributed by atoms with E-state index in [9.17, 15) is 4.39 Å². The van der Waals surface area contributed by atoms with Crippen LogP contribution < -0.4 is 19.5 Å². The van der Waals surface area contributed by atoms with E-state index in [2.05, 4.69) is 22.3 Å². The zero-order valence-electron chi connectivity index (χ0n) is 19.4. The number of nitrogens with zero attached hydrogens (tertiary/aromatic N) is 1. The molecular formula is C27H29FN2O3S. The first-order chi connectivity index (χ1) is 16.6. The topological polar surface area (TPSA) is 43.0 Å². The van der Waals surface area contributed by atoms with Crippen molar-refractivity contribution in [1.82, 2.24) is 10.2 Å². The van der Waals surface area contributed by atoms with Gasteiger partial charge in [-0.05, 0) is 78.1 Å². The molecule has 0 fully saturated rings. The molecule has 0 radical (unpaired) electrons. The van der Waals surface area contributed by atoms with Crippen LogP contribution in [0.3, 0.4) is 0 Å². The molecule has 1 atom stereocenters. The van der Waals surface area contributed by atoms with Crippen molar-refractivity contribution in [1.29, 1.82) is 0 Å². The molecule has 1 unspecified atom stereocenters. The lowest BCUT2D eigenvalue weighted by Crippen LogP contribution is -2.47. The van der Waals surface area contributed by atoms with E-state index in [1.807, 2.05) is 30.3 Å². The number of halogens is 1. The minimum Gasteiger partial charge on any atom is -0.493 e. The summed E-state index contributed by atoms with van der Waals surface area (Å²) in [6, 6.07) is 20.3. The molecule has 0 saturated heterocycles. The van der Waals surface area contributed by atoms with Gasteiger partial charge in [-0.3, -0.25) is 0 Å². The maximum atomic E-state index is 13.3. The van der Waals surface area contributed by atoms with Gasteiger partial charge in [0.1, 0.15) is 18.2 Å². The minimum absolute atomic E-state index is 0.134. The molecule has 0 bridgehead atoms. The second-order valence-electron chi connectivity index (χ2n) is 8.10. The average Bonchev–Trinajstić information content (AvgIpc) is 2.87. The van der Waals surface area contributed by atoms with E-state index in [1.165, 1.54) is 23.3 Å². The number of hydrogen-bond donors (Lipinski definition) is 1. The second kappa shape index (κ2) is 11.2. The maximum absolute atomic E-state index is 13.3. The second-order valence-corrected chi connectivity index (χ2v) is 8.48. The van der Waals surface area contributed by atoms with E-state index in [4.69, 9.17) is 26.4 Å². The fourth-order valence-corrected chi connectivity index (χ4v) is 4.54. The Kier molecular flexibility index (Phi) is 7.85. The van der Waals surface area contributed by atoms with Crippen molar-refractivity contribution in [3.05, 3.63) is 89.2 Å². The predicted octanol–water partition coefficient (Wildman–Crippen LogP) is 4.94. The summed E-state index contributed by atoms with van der Waals surface area (Å²) in [5.41, 5.74) is 3.52. The van der Waals surface area contributed by atoms with E-state index < -0.39 is 0 Å². The molecule has 0 spiro atoms. The van der Waals surface area contributed by atoms with E-state index in [1.54, 1.807) is 26.4 Å². The van der Waals surface area contributed by atoms with Crippen molar-refractivity contribution < 1.29 is 18.6 Å². The van der Waals surface area contributed by atoms with Crippen LogP contribution in [0.5, 0.6) is 17.2 Å². The number of benzene rings is 3. The van der Waals surface area contributed by atoms with Crippen molar-refractivity contribution in [3.63, 3.8) is 0 Å². The van der Waals surface area contributed by atoms with Gasteiger partial charge in [-0.1, -0.05) is 30.3 Å². The lowest BCUT2D eigenvalue weighted by molar-refractivity contribution is 0.187. The van der Waals surface area contributed by atoms with Crippen LogP contribution >= 0.6 is 12.2 Å². The largest absolute Gasteiger partial charge is 0.493 e. The number of fused-ring (bicyclic) bond motifs is 1. The summed E-state index contributed by atoms with van der Waals surface area (Å²) in [6.45, 7) is 1.84. The molecule has 1 aliphatic heterocycles. The van der Waals surface area contributed by atoms with Crippen molar-refractivity contribution in [2.75, 3.05) is 33.9 Å². The van der Waals surface area contributed by atoms with Crippen LogP contribution in [0.25, 0.3) is 0 Å². The van der Waals surface area contributed by atoms with E-state index in [0.717, 1.165) is 31.5 Å². The number of rotatable bonds is 8. The van der Waals surface area contributed by atoms with Gasteiger partial charge in [0, 0.05) is 13.1 Å². The van der Waals surface area contributed by atoms with Crippen LogP contribution in [-0.4, -0.2) is 43.9 Å². The number of ether oxygens (including phenoxy) is 3. The van der Waals surface area contributed by atoms with Gasteiger partial charge in [-0.2, -0.15) is 0 Å². The third-order valence-electron chi connectivity index (χ3n) is 6.02. The molecule has 0 saturated carbocycles. The fraction of sp³-hybridized carbons (Fsp3) is 0.296. The zero-order valence-corrected chi connectivity index (χ0v) is 20.2. The Morgan fingerprint density at radius 2 is 1.74 bits per heavy atom. The number of nitrogens with one attached hydrogen (secondary N) is 1. The molecule has 178 valence electrons. The van der Waals surface area contributed by atoms with Crippen LogP contribution in [0.2, 0.25) is 0 Å². The first kappa shape index (κ1) is 23.8. The van der Waals surface area contributed by atoms with Gasteiger partial charge in [-0.25, -0.2) is 4.39 Å². The summed E-state index contributed by atoms with van der Waals surface area (Å²) >= 11 is 5.81. The Hall–Kier alpha value is -3.32. The normalized spacial score (nSPS) is 14.8. The standard InChI is InChI=1S/C27H29FN2O3S/c1-31-25-16-20-13-15-30(27(34)29-14-12-19-6-4-3-5-7-19)24(23(20)17-26(25)32-2)18-33-22-10-8-21(28)9-11-22/h3-11,16-17,24H,12-15,18H2,1-2H3,(H,29,34). The Labute approximate surface area is 205 Å². The molecule has 0 aliphatic carbocycles. The lowest BCUT2D eigenvalue weighted by atomic mass is 9.92. The summed E-state index contributed by atoms with van der Waals surface area (Å²) < 4.78 is 30.5. The van der Waals surface area contributed by atoms with Crippen LogP contribution in [0.4, 0.5) is 4.39 Å². The van der Waals surface area contributed by atoms with Gasteiger partial charge in [0.05, 0.1) is 20.3 Å². The predicted molar refractivity (Wildman–Crippen MR) is 135 cm³/mol. The van der Waals surface area contributed by atoms with Crippen LogP contribution in [0.1, 0.15) is 22.7 Å². The molecule has 3 aromatic rings. The summed E-state index contributed by atoms with van der Waals surface area (Å²) in [4.78, 5) is 2.16. The van der Waals surface area contributed by atoms with Crippen LogP contribution in [0.15, 0.2) is 66.7 Å². The first-order valence-electron chi connectivity index (χ1n) is 11.3. The highest BCUT2D eigenvalue weighted by atomic mass is 32.1. The molecular weight excluding hydrogens is 451 g/mol. The van der Waals surface area contributed by atoms with Crippen molar-refractivity contribution in [3.8, 4) is 17.2 Å². The quantitative estimate of drug-likeness (QED) is 0.461. The molecule has 0 amide bonds.